The second-order valence-corrected chi connectivity index (χ2v) is 14.8. The van der Waals surface area contributed by atoms with Crippen LogP contribution in [0.15, 0.2) is 48.8 Å². The molecule has 2 heterocycles. The highest BCUT2D eigenvalue weighted by Gasteiger charge is 2.46. The Kier molecular flexibility index (Phi) is 7.49. The second-order valence-electron chi connectivity index (χ2n) is 10.1. The molecule has 0 bridgehead atoms. The molecule has 0 unspecified atom stereocenters. The number of nitro groups is 1. The molecule has 0 saturated carbocycles. The summed E-state index contributed by atoms with van der Waals surface area (Å²) in [6, 6.07) is 11.9. The molecule has 0 amide bonds. The number of benzene rings is 1. The lowest BCUT2D eigenvalue weighted by atomic mass is 9.92. The fourth-order valence-electron chi connectivity index (χ4n) is 3.85. The van der Waals surface area contributed by atoms with Gasteiger partial charge in [0.05, 0.1) is 28.8 Å². The maximum atomic E-state index is 11.6. The smallest absolute Gasteiger partial charge is 0.293 e. The Morgan fingerprint density at radius 3 is 2.56 bits per heavy atom. The summed E-state index contributed by atoms with van der Waals surface area (Å²) in [7, 11) is -2.05. The Labute approximate surface area is 191 Å². The molecule has 7 nitrogen and oxygen atoms in total. The number of hydrogen-bond donors (Lipinski definition) is 1. The van der Waals surface area contributed by atoms with Crippen molar-refractivity contribution in [3.8, 4) is 0 Å². The van der Waals surface area contributed by atoms with Crippen LogP contribution in [0.4, 0.5) is 5.69 Å². The maximum absolute atomic E-state index is 11.6. The summed E-state index contributed by atoms with van der Waals surface area (Å²) in [5.41, 5.74) is 1.74. The quantitative estimate of drug-likeness (QED) is 0.341. The van der Waals surface area contributed by atoms with Crippen LogP contribution in [0.3, 0.4) is 0 Å². The van der Waals surface area contributed by atoms with Gasteiger partial charge in [-0.25, -0.2) is 0 Å². The van der Waals surface area contributed by atoms with Crippen LogP contribution in [-0.2, 0) is 15.7 Å². The number of rotatable bonds is 7. The summed E-state index contributed by atoms with van der Waals surface area (Å²) >= 11 is 0. The zero-order chi connectivity index (χ0) is 23.5. The third-order valence-corrected chi connectivity index (χ3v) is 11.2. The Morgan fingerprint density at radius 1 is 1.25 bits per heavy atom. The molecule has 0 radical (unpaired) electrons. The summed E-state index contributed by atoms with van der Waals surface area (Å²) in [4.78, 5) is 15.1. The lowest BCUT2D eigenvalue weighted by Gasteiger charge is -2.47. The van der Waals surface area contributed by atoms with Gasteiger partial charge in [0.25, 0.3) is 5.69 Å². The van der Waals surface area contributed by atoms with Gasteiger partial charge in [0.1, 0.15) is 6.20 Å². The molecule has 1 fully saturated rings. The summed E-state index contributed by atoms with van der Waals surface area (Å²) < 4.78 is 13.2. The molecule has 0 aliphatic carbocycles. The molecule has 32 heavy (non-hydrogen) atoms. The van der Waals surface area contributed by atoms with Crippen LogP contribution < -0.4 is 5.32 Å². The van der Waals surface area contributed by atoms with E-state index in [2.05, 4.69) is 56.3 Å². The number of ether oxygens (including phenoxy) is 1. The highest BCUT2D eigenvalue weighted by Crippen LogP contribution is 2.42. The Balaban J connectivity index is 1.88. The minimum absolute atomic E-state index is 0.00438. The Hall–Kier alpha value is -2.13. The van der Waals surface area contributed by atoms with Gasteiger partial charge in [-0.1, -0.05) is 51.1 Å². The molecule has 8 heteroatoms. The van der Waals surface area contributed by atoms with E-state index in [1.165, 1.54) is 11.8 Å². The normalized spacial score (nSPS) is 24.3. The molecule has 0 spiro atoms. The van der Waals surface area contributed by atoms with E-state index in [0.717, 1.165) is 0 Å². The van der Waals surface area contributed by atoms with E-state index >= 15 is 0 Å². The van der Waals surface area contributed by atoms with Crippen LogP contribution in [-0.4, -0.2) is 36.5 Å². The summed E-state index contributed by atoms with van der Waals surface area (Å²) in [5.74, 6) is 0. The molecule has 174 valence electrons. The van der Waals surface area contributed by atoms with Crippen molar-refractivity contribution in [2.75, 3.05) is 0 Å². The van der Waals surface area contributed by atoms with Gasteiger partial charge in [0, 0.05) is 18.8 Å². The minimum Gasteiger partial charge on any atom is -0.410 e. The summed E-state index contributed by atoms with van der Waals surface area (Å²) in [6.45, 7) is 13.9. The maximum Gasteiger partial charge on any atom is 0.293 e. The van der Waals surface area contributed by atoms with Crippen molar-refractivity contribution in [2.24, 2.45) is 0 Å². The predicted octanol–water partition coefficient (Wildman–Crippen LogP) is 5.39. The highest BCUT2D eigenvalue weighted by molar-refractivity contribution is 6.74. The van der Waals surface area contributed by atoms with E-state index in [1.807, 2.05) is 25.1 Å². The SMILES string of the molecule is C[C@H]1O[C@@H](c2ccncc2[N+](=O)[O-])C[C@@H](NCc2ccccc2)[C@@H]1O[Si](C)(C)C(C)(C)C. The fourth-order valence-corrected chi connectivity index (χ4v) is 5.24. The van der Waals surface area contributed by atoms with Gasteiger partial charge >= 0.3 is 0 Å². The van der Waals surface area contributed by atoms with Gasteiger partial charge in [-0.15, -0.1) is 0 Å². The summed E-state index contributed by atoms with van der Waals surface area (Å²) in [6.07, 6.45) is 2.71. The van der Waals surface area contributed by atoms with Crippen LogP contribution in [0.1, 0.15) is 51.3 Å². The zero-order valence-electron chi connectivity index (χ0n) is 19.9. The number of pyridine rings is 1. The monoisotopic (exact) mass is 457 g/mol. The van der Waals surface area contributed by atoms with E-state index < -0.39 is 14.4 Å². The van der Waals surface area contributed by atoms with Gasteiger partial charge < -0.3 is 14.5 Å². The molecule has 1 saturated heterocycles. The average molecular weight is 458 g/mol. The van der Waals surface area contributed by atoms with E-state index in [0.29, 0.717) is 18.5 Å². The van der Waals surface area contributed by atoms with Crippen molar-refractivity contribution in [3.63, 3.8) is 0 Å². The van der Waals surface area contributed by atoms with Gasteiger partial charge in [-0.05, 0) is 43.1 Å². The molecular weight excluding hydrogens is 422 g/mol. The van der Waals surface area contributed by atoms with E-state index in [1.54, 1.807) is 12.3 Å². The van der Waals surface area contributed by atoms with E-state index in [9.17, 15) is 10.1 Å². The van der Waals surface area contributed by atoms with Crippen LogP contribution in [0, 0.1) is 10.1 Å². The fraction of sp³-hybridized carbons (Fsp3) is 0.542. The highest BCUT2D eigenvalue weighted by atomic mass is 28.4. The number of hydrogen-bond acceptors (Lipinski definition) is 6. The standard InChI is InChI=1S/C24H35N3O4Si/c1-17-23(31-32(5,6)24(2,3)4)20(26-15-18-10-8-7-9-11-18)14-22(30-17)19-12-13-25-16-21(19)27(28)29/h7-13,16-17,20,22-23,26H,14-15H2,1-6H3/t17-,20-,22-,23-/m1/s1. The van der Waals surface area contributed by atoms with Crippen molar-refractivity contribution in [1.82, 2.24) is 10.3 Å². The topological polar surface area (TPSA) is 86.5 Å². The van der Waals surface area contributed by atoms with Crippen LogP contribution >= 0.6 is 0 Å². The van der Waals surface area contributed by atoms with Gasteiger partial charge in [-0.3, -0.25) is 15.1 Å². The Bertz CT molecular complexity index is 917. The number of nitrogens with one attached hydrogen (secondary N) is 1. The molecule has 1 aromatic carbocycles. The number of nitrogens with zero attached hydrogens (tertiary/aromatic N) is 2. The third-order valence-electron chi connectivity index (χ3n) is 6.73. The van der Waals surface area contributed by atoms with Crippen LogP contribution in [0.25, 0.3) is 0 Å². The average Bonchev–Trinajstić information content (AvgIpc) is 2.73. The molecule has 1 aromatic heterocycles. The van der Waals surface area contributed by atoms with E-state index in [-0.39, 0.29) is 33.9 Å². The van der Waals surface area contributed by atoms with Crippen LogP contribution in [0.2, 0.25) is 18.1 Å². The lowest BCUT2D eigenvalue weighted by molar-refractivity contribution is -0.386. The first-order chi connectivity index (χ1) is 15.0. The van der Waals surface area contributed by atoms with Crippen LogP contribution in [0.5, 0.6) is 0 Å². The van der Waals surface area contributed by atoms with Crippen molar-refractivity contribution in [1.29, 1.82) is 0 Å². The van der Waals surface area contributed by atoms with Crippen molar-refractivity contribution in [2.45, 2.75) is 83.1 Å². The van der Waals surface area contributed by atoms with Gasteiger partial charge in [-0.2, -0.15) is 0 Å². The summed E-state index contributed by atoms with van der Waals surface area (Å²) in [5, 5.41) is 15.3. The van der Waals surface area contributed by atoms with E-state index in [4.69, 9.17) is 9.16 Å². The molecule has 4 atom stereocenters. The number of aromatic nitrogens is 1. The molecule has 1 aliphatic rings. The van der Waals surface area contributed by atoms with Gasteiger partial charge in [0.2, 0.25) is 0 Å². The molecular formula is C24H35N3O4Si. The predicted molar refractivity (Wildman–Crippen MR) is 128 cm³/mol. The molecule has 3 rings (SSSR count). The van der Waals surface area contributed by atoms with Crippen molar-refractivity contribution < 1.29 is 14.1 Å². The third kappa shape index (κ3) is 5.61. The second kappa shape index (κ2) is 9.78. The largest absolute Gasteiger partial charge is 0.410 e. The van der Waals surface area contributed by atoms with Gasteiger partial charge in [0.15, 0.2) is 8.32 Å². The minimum atomic E-state index is -2.05. The Morgan fingerprint density at radius 2 is 1.94 bits per heavy atom. The zero-order valence-corrected chi connectivity index (χ0v) is 20.9. The first-order valence-electron chi connectivity index (χ1n) is 11.2. The first kappa shape index (κ1) is 24.5. The van der Waals surface area contributed by atoms with Crippen molar-refractivity contribution in [3.05, 3.63) is 70.0 Å². The molecule has 1 aliphatic heterocycles. The molecule has 1 N–H and O–H groups in total. The first-order valence-corrected chi connectivity index (χ1v) is 14.1. The van der Waals surface area contributed by atoms with Crippen molar-refractivity contribution >= 4 is 14.0 Å². The molecule has 2 aromatic rings. The lowest BCUT2D eigenvalue weighted by Crippen LogP contribution is -2.57.